The van der Waals surface area contributed by atoms with Crippen LogP contribution in [0.15, 0.2) is 24.3 Å². The fraction of sp³-hybridized carbons (Fsp3) is 0.588. The highest BCUT2D eigenvalue weighted by Crippen LogP contribution is 2.51. The minimum atomic E-state index is -0.248. The quantitative estimate of drug-likeness (QED) is 0.892. The lowest BCUT2D eigenvalue weighted by Gasteiger charge is -2.34. The zero-order chi connectivity index (χ0) is 13.9. The van der Waals surface area contributed by atoms with E-state index in [9.17, 15) is 9.90 Å². The summed E-state index contributed by atoms with van der Waals surface area (Å²) in [7, 11) is 0. The van der Waals surface area contributed by atoms with Crippen molar-refractivity contribution in [2.75, 3.05) is 13.1 Å². The molecule has 106 valence electrons. The molecule has 3 aliphatic rings. The van der Waals surface area contributed by atoms with E-state index in [1.165, 1.54) is 11.1 Å². The Kier molecular flexibility index (Phi) is 2.53. The van der Waals surface area contributed by atoms with Crippen LogP contribution in [-0.4, -0.2) is 35.1 Å². The standard InChI is InChI=1S/C17H21NO2/c1-11-2-4-13(5-3-11)17(6-7-17)16(20)18-9-12-8-15(19)14(12)10-18/h2-5,12,14-15,19H,6-10H2,1H3/t12-,14+,15+/m1/s1. The number of carbonyl (C=O) groups excluding carboxylic acids is 1. The second-order valence-electron chi connectivity index (χ2n) is 6.89. The predicted octanol–water partition coefficient (Wildman–Crippen LogP) is 1.87. The van der Waals surface area contributed by atoms with E-state index in [1.807, 2.05) is 4.90 Å². The molecule has 0 radical (unpaired) electrons. The fourth-order valence-electron chi connectivity index (χ4n) is 3.96. The number of benzene rings is 1. The zero-order valence-corrected chi connectivity index (χ0v) is 11.9. The Morgan fingerprint density at radius 2 is 1.95 bits per heavy atom. The Hall–Kier alpha value is -1.35. The summed E-state index contributed by atoms with van der Waals surface area (Å²) in [5, 5.41) is 9.75. The van der Waals surface area contributed by atoms with Gasteiger partial charge in [-0.1, -0.05) is 29.8 Å². The zero-order valence-electron chi connectivity index (χ0n) is 11.9. The lowest BCUT2D eigenvalue weighted by Crippen LogP contribution is -2.40. The summed E-state index contributed by atoms with van der Waals surface area (Å²) in [6.45, 7) is 3.69. The van der Waals surface area contributed by atoms with Crippen molar-refractivity contribution in [3.05, 3.63) is 35.4 Å². The molecule has 20 heavy (non-hydrogen) atoms. The van der Waals surface area contributed by atoms with Crippen LogP contribution in [0.1, 0.15) is 30.4 Å². The molecule has 3 atom stereocenters. The Morgan fingerprint density at radius 1 is 1.25 bits per heavy atom. The van der Waals surface area contributed by atoms with Crippen LogP contribution in [0.3, 0.4) is 0 Å². The van der Waals surface area contributed by atoms with Gasteiger partial charge in [-0.25, -0.2) is 0 Å². The van der Waals surface area contributed by atoms with E-state index in [1.54, 1.807) is 0 Å². The van der Waals surface area contributed by atoms with Gasteiger partial charge >= 0.3 is 0 Å². The first-order valence-electron chi connectivity index (χ1n) is 7.65. The van der Waals surface area contributed by atoms with Crippen molar-refractivity contribution in [3.63, 3.8) is 0 Å². The molecule has 1 amide bonds. The first-order valence-corrected chi connectivity index (χ1v) is 7.65. The summed E-state index contributed by atoms with van der Waals surface area (Å²) >= 11 is 0. The average Bonchev–Trinajstić information content (AvgIpc) is 3.17. The van der Waals surface area contributed by atoms with Crippen LogP contribution in [0.2, 0.25) is 0 Å². The lowest BCUT2D eigenvalue weighted by atomic mass is 9.74. The van der Waals surface area contributed by atoms with Crippen molar-refractivity contribution in [1.82, 2.24) is 4.90 Å². The lowest BCUT2D eigenvalue weighted by molar-refractivity contribution is -0.133. The highest BCUT2D eigenvalue weighted by Gasteiger charge is 2.56. The van der Waals surface area contributed by atoms with Gasteiger partial charge in [0.15, 0.2) is 0 Å². The molecule has 3 fully saturated rings. The number of hydrogen-bond donors (Lipinski definition) is 1. The van der Waals surface area contributed by atoms with Crippen LogP contribution < -0.4 is 0 Å². The number of nitrogens with zero attached hydrogens (tertiary/aromatic N) is 1. The molecule has 0 spiro atoms. The molecule has 4 rings (SSSR count). The maximum Gasteiger partial charge on any atom is 0.233 e. The van der Waals surface area contributed by atoms with Gasteiger partial charge in [-0.15, -0.1) is 0 Å². The van der Waals surface area contributed by atoms with Crippen LogP contribution >= 0.6 is 0 Å². The molecule has 0 unspecified atom stereocenters. The number of aliphatic hydroxyl groups is 1. The normalized spacial score (nSPS) is 33.5. The third-order valence-corrected chi connectivity index (χ3v) is 5.58. The van der Waals surface area contributed by atoms with Gasteiger partial charge in [0.2, 0.25) is 5.91 Å². The second-order valence-corrected chi connectivity index (χ2v) is 6.89. The van der Waals surface area contributed by atoms with Gasteiger partial charge in [0.25, 0.3) is 0 Å². The number of fused-ring (bicyclic) bond motifs is 1. The number of aliphatic hydroxyl groups excluding tert-OH is 1. The third-order valence-electron chi connectivity index (χ3n) is 5.58. The van der Waals surface area contributed by atoms with E-state index in [-0.39, 0.29) is 11.5 Å². The summed E-state index contributed by atoms with van der Waals surface area (Å²) in [6.07, 6.45) is 2.66. The highest BCUT2D eigenvalue weighted by atomic mass is 16.3. The SMILES string of the molecule is Cc1ccc(C2(C(=O)N3C[C@H]4C[C@H](O)[C@H]4C3)CC2)cc1. The molecule has 3 heteroatoms. The van der Waals surface area contributed by atoms with Crippen molar-refractivity contribution in [2.45, 2.75) is 37.7 Å². The third kappa shape index (κ3) is 1.65. The Balaban J connectivity index is 1.55. The molecular weight excluding hydrogens is 250 g/mol. The molecule has 1 N–H and O–H groups in total. The number of hydrogen-bond acceptors (Lipinski definition) is 2. The summed E-state index contributed by atoms with van der Waals surface area (Å²) in [4.78, 5) is 14.9. The molecule has 1 aromatic rings. The summed E-state index contributed by atoms with van der Waals surface area (Å²) < 4.78 is 0. The first-order chi connectivity index (χ1) is 9.60. The molecule has 0 bridgehead atoms. The Bertz CT molecular complexity index is 547. The topological polar surface area (TPSA) is 40.5 Å². The highest BCUT2D eigenvalue weighted by molar-refractivity contribution is 5.91. The molecule has 2 saturated carbocycles. The smallest absolute Gasteiger partial charge is 0.233 e. The maximum absolute atomic E-state index is 12.9. The van der Waals surface area contributed by atoms with Gasteiger partial charge in [-0.2, -0.15) is 0 Å². The Morgan fingerprint density at radius 3 is 2.50 bits per heavy atom. The van der Waals surface area contributed by atoms with E-state index < -0.39 is 0 Å². The predicted molar refractivity (Wildman–Crippen MR) is 76.3 cm³/mol. The molecule has 1 heterocycles. The summed E-state index contributed by atoms with van der Waals surface area (Å²) in [5.41, 5.74) is 2.16. The fourth-order valence-corrected chi connectivity index (χ4v) is 3.96. The van der Waals surface area contributed by atoms with Crippen LogP contribution in [0.5, 0.6) is 0 Å². The molecule has 3 nitrogen and oxygen atoms in total. The van der Waals surface area contributed by atoms with Gasteiger partial charge in [0.1, 0.15) is 0 Å². The van der Waals surface area contributed by atoms with E-state index in [4.69, 9.17) is 0 Å². The van der Waals surface area contributed by atoms with Gasteiger partial charge in [-0.05, 0) is 37.7 Å². The van der Waals surface area contributed by atoms with Crippen LogP contribution in [-0.2, 0) is 10.2 Å². The molecule has 1 aromatic carbocycles. The molecule has 1 saturated heterocycles. The van der Waals surface area contributed by atoms with E-state index in [0.29, 0.717) is 17.7 Å². The number of rotatable bonds is 2. The minimum absolute atomic E-state index is 0.174. The number of amides is 1. The Labute approximate surface area is 119 Å². The second kappa shape index (κ2) is 4.08. The van der Waals surface area contributed by atoms with Crippen LogP contribution in [0.4, 0.5) is 0 Å². The summed E-state index contributed by atoms with van der Waals surface area (Å²) in [5.74, 6) is 1.18. The van der Waals surface area contributed by atoms with E-state index >= 15 is 0 Å². The molecular formula is C17H21NO2. The van der Waals surface area contributed by atoms with Crippen molar-refractivity contribution in [2.24, 2.45) is 11.8 Å². The van der Waals surface area contributed by atoms with Crippen molar-refractivity contribution in [3.8, 4) is 0 Å². The maximum atomic E-state index is 12.9. The van der Waals surface area contributed by atoms with Gasteiger partial charge in [-0.3, -0.25) is 4.79 Å². The van der Waals surface area contributed by atoms with Crippen LogP contribution in [0.25, 0.3) is 0 Å². The van der Waals surface area contributed by atoms with Gasteiger partial charge in [0.05, 0.1) is 11.5 Å². The van der Waals surface area contributed by atoms with Crippen molar-refractivity contribution in [1.29, 1.82) is 0 Å². The molecule has 0 aromatic heterocycles. The van der Waals surface area contributed by atoms with Crippen molar-refractivity contribution >= 4 is 5.91 Å². The van der Waals surface area contributed by atoms with Crippen LogP contribution in [0, 0.1) is 18.8 Å². The summed E-state index contributed by atoms with van der Waals surface area (Å²) in [6, 6.07) is 8.42. The largest absolute Gasteiger partial charge is 0.393 e. The van der Waals surface area contributed by atoms with Crippen molar-refractivity contribution < 1.29 is 9.90 Å². The van der Waals surface area contributed by atoms with E-state index in [2.05, 4.69) is 31.2 Å². The molecule has 1 aliphatic heterocycles. The first kappa shape index (κ1) is 12.4. The number of aryl methyl sites for hydroxylation is 1. The van der Waals surface area contributed by atoms with E-state index in [0.717, 1.165) is 32.4 Å². The number of carbonyl (C=O) groups is 1. The van der Waals surface area contributed by atoms with Gasteiger partial charge in [0, 0.05) is 19.0 Å². The van der Waals surface area contributed by atoms with Gasteiger partial charge < -0.3 is 10.0 Å². The monoisotopic (exact) mass is 271 g/mol. The minimum Gasteiger partial charge on any atom is -0.393 e. The average molecular weight is 271 g/mol. The molecule has 2 aliphatic carbocycles. The number of likely N-dealkylation sites (tertiary alicyclic amines) is 1.